The van der Waals surface area contributed by atoms with Crippen molar-refractivity contribution in [1.82, 2.24) is 30.3 Å². The molecule has 2 heterocycles. The molecule has 3 N–H and O–H groups in total. The molecule has 9 heteroatoms. The first-order valence-corrected chi connectivity index (χ1v) is 6.73. The van der Waals surface area contributed by atoms with Gasteiger partial charge in [0.1, 0.15) is 5.82 Å². The van der Waals surface area contributed by atoms with Crippen LogP contribution in [0.15, 0.2) is 41.3 Å². The van der Waals surface area contributed by atoms with Gasteiger partial charge >= 0.3 is 5.69 Å². The summed E-state index contributed by atoms with van der Waals surface area (Å²) in [4.78, 5) is 25.3. The van der Waals surface area contributed by atoms with Gasteiger partial charge < -0.3 is 5.32 Å². The normalized spacial score (nSPS) is 10.6. The van der Waals surface area contributed by atoms with Crippen molar-refractivity contribution in [3.63, 3.8) is 0 Å². The highest BCUT2D eigenvalue weighted by Crippen LogP contribution is 2.13. The van der Waals surface area contributed by atoms with E-state index in [4.69, 9.17) is 11.6 Å². The van der Waals surface area contributed by atoms with Gasteiger partial charge in [0.2, 0.25) is 0 Å². The molecular weight excluding hydrogens is 308 g/mol. The van der Waals surface area contributed by atoms with Crippen LogP contribution in [0.1, 0.15) is 16.3 Å². The molecule has 0 saturated carbocycles. The molecule has 2 aromatic heterocycles. The topological polar surface area (TPSA) is 108 Å². The summed E-state index contributed by atoms with van der Waals surface area (Å²) in [7, 11) is 0. The SMILES string of the molecule is O=C(NCc1n[nH]c(=O)[nH]1)c1ccn(-c2ccc(Cl)cc2)n1. The molecule has 0 aliphatic rings. The van der Waals surface area contributed by atoms with E-state index < -0.39 is 5.69 Å². The van der Waals surface area contributed by atoms with E-state index in [1.54, 1.807) is 41.2 Å². The molecule has 1 aromatic carbocycles. The highest BCUT2D eigenvalue weighted by Gasteiger charge is 2.10. The fourth-order valence-corrected chi connectivity index (χ4v) is 1.95. The molecule has 0 atom stereocenters. The van der Waals surface area contributed by atoms with Crippen LogP contribution in [0, 0.1) is 0 Å². The van der Waals surface area contributed by atoms with E-state index in [0.717, 1.165) is 5.69 Å². The average Bonchev–Trinajstić information content (AvgIpc) is 3.15. The number of amides is 1. The van der Waals surface area contributed by atoms with Crippen LogP contribution in [-0.2, 0) is 6.54 Å². The van der Waals surface area contributed by atoms with Crippen molar-refractivity contribution < 1.29 is 4.79 Å². The number of H-pyrrole nitrogens is 2. The maximum Gasteiger partial charge on any atom is 0.340 e. The molecule has 3 rings (SSSR count). The van der Waals surface area contributed by atoms with E-state index in [-0.39, 0.29) is 18.1 Å². The first-order valence-electron chi connectivity index (χ1n) is 6.35. The largest absolute Gasteiger partial charge is 0.343 e. The monoisotopic (exact) mass is 318 g/mol. The molecule has 3 aromatic rings. The average molecular weight is 319 g/mol. The van der Waals surface area contributed by atoms with Crippen molar-refractivity contribution in [1.29, 1.82) is 0 Å². The molecule has 0 unspecified atom stereocenters. The van der Waals surface area contributed by atoms with Gasteiger partial charge in [-0.15, -0.1) is 0 Å². The third-order valence-corrected chi connectivity index (χ3v) is 3.13. The minimum absolute atomic E-state index is 0.103. The van der Waals surface area contributed by atoms with Gasteiger partial charge in [0.25, 0.3) is 5.91 Å². The zero-order valence-corrected chi connectivity index (χ0v) is 12.0. The minimum atomic E-state index is -0.420. The Labute approximate surface area is 129 Å². The van der Waals surface area contributed by atoms with Crippen LogP contribution in [0.3, 0.4) is 0 Å². The number of rotatable bonds is 4. The lowest BCUT2D eigenvalue weighted by molar-refractivity contribution is 0.0944. The summed E-state index contributed by atoms with van der Waals surface area (Å²) < 4.78 is 1.57. The van der Waals surface area contributed by atoms with E-state index >= 15 is 0 Å². The van der Waals surface area contributed by atoms with Gasteiger partial charge in [0.15, 0.2) is 5.69 Å². The van der Waals surface area contributed by atoms with Gasteiger partial charge in [-0.25, -0.2) is 14.6 Å². The smallest absolute Gasteiger partial charge is 0.340 e. The number of benzene rings is 1. The Morgan fingerprint density at radius 3 is 2.73 bits per heavy atom. The highest BCUT2D eigenvalue weighted by atomic mass is 35.5. The number of nitrogens with one attached hydrogen (secondary N) is 3. The van der Waals surface area contributed by atoms with Crippen LogP contribution < -0.4 is 11.0 Å². The van der Waals surface area contributed by atoms with Gasteiger partial charge in [-0.3, -0.25) is 9.78 Å². The maximum atomic E-state index is 12.0. The summed E-state index contributed by atoms with van der Waals surface area (Å²) in [6.45, 7) is 0.103. The zero-order valence-electron chi connectivity index (χ0n) is 11.2. The number of hydrogen-bond acceptors (Lipinski definition) is 4. The minimum Gasteiger partial charge on any atom is -0.343 e. The van der Waals surface area contributed by atoms with Gasteiger partial charge in [-0.2, -0.15) is 10.2 Å². The molecular formula is C13H11ClN6O2. The van der Waals surface area contributed by atoms with Crippen molar-refractivity contribution in [3.05, 3.63) is 63.6 Å². The van der Waals surface area contributed by atoms with Crippen molar-refractivity contribution in [2.75, 3.05) is 0 Å². The highest BCUT2D eigenvalue weighted by molar-refractivity contribution is 6.30. The van der Waals surface area contributed by atoms with Crippen molar-refractivity contribution in [3.8, 4) is 5.69 Å². The van der Waals surface area contributed by atoms with Crippen molar-refractivity contribution >= 4 is 17.5 Å². The van der Waals surface area contributed by atoms with Crippen LogP contribution in [0.5, 0.6) is 0 Å². The van der Waals surface area contributed by atoms with Crippen LogP contribution in [0.2, 0.25) is 5.02 Å². The molecule has 0 aliphatic heterocycles. The Morgan fingerprint density at radius 2 is 2.05 bits per heavy atom. The lowest BCUT2D eigenvalue weighted by Crippen LogP contribution is -2.24. The summed E-state index contributed by atoms with van der Waals surface area (Å²) in [5.41, 5.74) is 0.629. The van der Waals surface area contributed by atoms with Gasteiger partial charge in [0, 0.05) is 11.2 Å². The first kappa shape index (κ1) is 14.1. The lowest BCUT2D eigenvalue weighted by atomic mass is 10.3. The molecule has 0 spiro atoms. The Morgan fingerprint density at radius 1 is 1.27 bits per heavy atom. The fourth-order valence-electron chi connectivity index (χ4n) is 1.83. The number of carbonyl (C=O) groups excluding carboxylic acids is 1. The van der Waals surface area contributed by atoms with Crippen LogP contribution >= 0.6 is 11.6 Å². The number of halogens is 1. The third-order valence-electron chi connectivity index (χ3n) is 2.88. The molecule has 1 amide bonds. The quantitative estimate of drug-likeness (QED) is 0.663. The zero-order chi connectivity index (χ0) is 15.5. The summed E-state index contributed by atoms with van der Waals surface area (Å²) in [5.74, 6) is -0.0213. The molecule has 0 fully saturated rings. The predicted molar refractivity (Wildman–Crippen MR) is 79.0 cm³/mol. The second-order valence-corrected chi connectivity index (χ2v) is 4.87. The Balaban J connectivity index is 1.68. The molecule has 22 heavy (non-hydrogen) atoms. The first-order chi connectivity index (χ1) is 10.6. The number of aromatic amines is 2. The summed E-state index contributed by atoms with van der Waals surface area (Å²) in [6.07, 6.45) is 1.68. The molecule has 0 radical (unpaired) electrons. The molecule has 112 valence electrons. The standard InChI is InChI=1S/C13H11ClN6O2/c14-8-1-3-9(4-2-8)20-6-5-10(19-20)12(21)15-7-11-16-13(22)18-17-11/h1-6H,7H2,(H,15,21)(H2,16,17,18,22). The maximum absolute atomic E-state index is 12.0. The van der Waals surface area contributed by atoms with Crippen LogP contribution in [-0.4, -0.2) is 30.9 Å². The summed E-state index contributed by atoms with van der Waals surface area (Å²) in [6, 6.07) is 8.67. The van der Waals surface area contributed by atoms with E-state index in [2.05, 4.69) is 25.6 Å². The van der Waals surface area contributed by atoms with Crippen LogP contribution in [0.4, 0.5) is 0 Å². The second-order valence-electron chi connectivity index (χ2n) is 4.43. The summed E-state index contributed by atoms with van der Waals surface area (Å²) in [5, 5.41) is 13.3. The molecule has 0 bridgehead atoms. The summed E-state index contributed by atoms with van der Waals surface area (Å²) >= 11 is 5.83. The van der Waals surface area contributed by atoms with Crippen molar-refractivity contribution in [2.45, 2.75) is 6.54 Å². The van der Waals surface area contributed by atoms with Gasteiger partial charge in [0.05, 0.1) is 12.2 Å². The van der Waals surface area contributed by atoms with E-state index in [1.165, 1.54) is 0 Å². The van der Waals surface area contributed by atoms with Crippen LogP contribution in [0.25, 0.3) is 5.69 Å². The Hall–Kier alpha value is -2.87. The third kappa shape index (κ3) is 3.07. The second kappa shape index (κ2) is 5.86. The number of aromatic nitrogens is 5. The lowest BCUT2D eigenvalue weighted by Gasteiger charge is -2.01. The predicted octanol–water partition coefficient (Wildman–Crippen LogP) is 0.867. The Kier molecular flexibility index (Phi) is 3.75. The molecule has 8 nitrogen and oxygen atoms in total. The van der Waals surface area contributed by atoms with E-state index in [0.29, 0.717) is 10.8 Å². The van der Waals surface area contributed by atoms with Gasteiger partial charge in [-0.05, 0) is 30.3 Å². The number of hydrogen-bond donors (Lipinski definition) is 3. The van der Waals surface area contributed by atoms with Crippen molar-refractivity contribution in [2.24, 2.45) is 0 Å². The molecule has 0 aliphatic carbocycles. The number of carbonyl (C=O) groups is 1. The van der Waals surface area contributed by atoms with E-state index in [9.17, 15) is 9.59 Å². The van der Waals surface area contributed by atoms with E-state index in [1.807, 2.05) is 0 Å². The molecule has 0 saturated heterocycles. The number of nitrogens with zero attached hydrogens (tertiary/aromatic N) is 3. The van der Waals surface area contributed by atoms with Gasteiger partial charge in [-0.1, -0.05) is 11.6 Å². The fraction of sp³-hybridized carbons (Fsp3) is 0.0769. The Bertz CT molecular complexity index is 848.